The van der Waals surface area contributed by atoms with E-state index in [0.717, 1.165) is 19.8 Å². The molecule has 0 radical (unpaired) electrons. The molecule has 3 nitrogen and oxygen atoms in total. The molecular weight excluding hydrogens is 196 g/mol. The summed E-state index contributed by atoms with van der Waals surface area (Å²) < 4.78 is 5.65. The molecule has 2 heterocycles. The molecule has 14 heavy (non-hydrogen) atoms. The average Bonchev–Trinajstić information content (AvgIpc) is 2.72. The fourth-order valence-electron chi connectivity index (χ4n) is 1.71. The quantitative estimate of drug-likeness (QED) is 0.824. The van der Waals surface area contributed by atoms with Gasteiger partial charge in [0.2, 0.25) is 0 Å². The second-order valence-corrected chi connectivity index (χ2v) is 4.67. The Morgan fingerprint density at radius 3 is 3.36 bits per heavy atom. The van der Waals surface area contributed by atoms with E-state index in [-0.39, 0.29) is 0 Å². The van der Waals surface area contributed by atoms with Gasteiger partial charge in [0.25, 0.3) is 0 Å². The number of nitrogens with zero attached hydrogens (tertiary/aromatic N) is 1. The third-order valence-corrected chi connectivity index (χ3v) is 3.23. The maximum Gasteiger partial charge on any atom is 0.0825 e. The fourth-order valence-corrected chi connectivity index (χ4v) is 2.24. The predicted octanol–water partition coefficient (Wildman–Crippen LogP) is 1.66. The van der Waals surface area contributed by atoms with Crippen LogP contribution in [0.25, 0.3) is 0 Å². The molecule has 0 saturated carbocycles. The minimum absolute atomic E-state index is 0.705. The van der Waals surface area contributed by atoms with Gasteiger partial charge in [-0.2, -0.15) is 0 Å². The van der Waals surface area contributed by atoms with E-state index < -0.39 is 0 Å². The van der Waals surface area contributed by atoms with Gasteiger partial charge in [-0.25, -0.2) is 0 Å². The number of hydrogen-bond donors (Lipinski definition) is 1. The summed E-state index contributed by atoms with van der Waals surface area (Å²) in [6, 6.07) is 0. The molecule has 2 rings (SSSR count). The molecule has 1 atom stereocenters. The molecule has 0 spiro atoms. The number of ether oxygens (including phenoxy) is 1. The highest BCUT2D eigenvalue weighted by Gasteiger charge is 2.12. The summed E-state index contributed by atoms with van der Waals surface area (Å²) in [5.74, 6) is 0.705. The predicted molar refractivity (Wildman–Crippen MR) is 57.4 cm³/mol. The first-order valence-electron chi connectivity index (χ1n) is 5.11. The van der Waals surface area contributed by atoms with Gasteiger partial charge in [0.15, 0.2) is 0 Å². The third-order valence-electron chi connectivity index (χ3n) is 2.48. The van der Waals surface area contributed by atoms with Crippen molar-refractivity contribution < 1.29 is 4.74 Å². The zero-order valence-electron chi connectivity index (χ0n) is 8.24. The molecule has 1 fully saturated rings. The fraction of sp³-hybridized carbons (Fsp3) is 0.700. The molecule has 4 heteroatoms. The Morgan fingerprint density at radius 1 is 1.64 bits per heavy atom. The van der Waals surface area contributed by atoms with Gasteiger partial charge < -0.3 is 10.1 Å². The molecule has 1 aromatic heterocycles. The van der Waals surface area contributed by atoms with Crippen molar-refractivity contribution in [2.24, 2.45) is 5.92 Å². The van der Waals surface area contributed by atoms with Crippen molar-refractivity contribution in [1.29, 1.82) is 0 Å². The first-order valence-corrected chi connectivity index (χ1v) is 5.99. The summed E-state index contributed by atoms with van der Waals surface area (Å²) in [6.07, 6.45) is 4.47. The first-order chi connectivity index (χ1) is 6.95. The third kappa shape index (κ3) is 3.04. The number of aromatic nitrogens is 1. The second-order valence-electron chi connectivity index (χ2n) is 3.70. The van der Waals surface area contributed by atoms with E-state index in [0.29, 0.717) is 5.92 Å². The number of hydrogen-bond acceptors (Lipinski definition) is 4. The Morgan fingerprint density at radius 2 is 2.64 bits per heavy atom. The van der Waals surface area contributed by atoms with E-state index in [1.54, 1.807) is 11.3 Å². The first kappa shape index (κ1) is 10.1. The summed E-state index contributed by atoms with van der Waals surface area (Å²) >= 11 is 1.66. The van der Waals surface area contributed by atoms with Gasteiger partial charge in [0.05, 0.1) is 23.6 Å². The zero-order chi connectivity index (χ0) is 9.64. The molecule has 1 saturated heterocycles. The lowest BCUT2D eigenvalue weighted by molar-refractivity contribution is 0.0798. The maximum atomic E-state index is 5.65. The van der Waals surface area contributed by atoms with Gasteiger partial charge in [-0.05, 0) is 25.3 Å². The van der Waals surface area contributed by atoms with Crippen LogP contribution in [0.2, 0.25) is 0 Å². The van der Waals surface area contributed by atoms with Gasteiger partial charge >= 0.3 is 0 Å². The zero-order valence-corrected chi connectivity index (χ0v) is 9.05. The SMILES string of the molecule is c1ncc(COC[C@H]2CCCNC2)s1. The lowest BCUT2D eigenvalue weighted by Gasteiger charge is -2.22. The molecule has 0 aromatic carbocycles. The number of thiazole rings is 1. The van der Waals surface area contributed by atoms with E-state index in [9.17, 15) is 0 Å². The molecule has 1 aliphatic rings. The van der Waals surface area contributed by atoms with Gasteiger partial charge in [-0.1, -0.05) is 0 Å². The van der Waals surface area contributed by atoms with Crippen LogP contribution in [0.5, 0.6) is 0 Å². The van der Waals surface area contributed by atoms with Crippen LogP contribution in [0.15, 0.2) is 11.7 Å². The molecule has 0 aliphatic carbocycles. The number of piperidine rings is 1. The molecule has 0 unspecified atom stereocenters. The standard InChI is InChI=1S/C10H16N2OS/c1-2-9(4-11-3-1)6-13-7-10-5-12-8-14-10/h5,8-9,11H,1-4,6-7H2/t9-/m0/s1. The van der Waals surface area contributed by atoms with Crippen molar-refractivity contribution >= 4 is 11.3 Å². The average molecular weight is 212 g/mol. The van der Waals surface area contributed by atoms with Crippen molar-refractivity contribution in [2.45, 2.75) is 19.4 Å². The highest BCUT2D eigenvalue weighted by atomic mass is 32.1. The van der Waals surface area contributed by atoms with E-state index in [2.05, 4.69) is 10.3 Å². The van der Waals surface area contributed by atoms with Crippen LogP contribution in [0.3, 0.4) is 0 Å². The van der Waals surface area contributed by atoms with Crippen molar-refractivity contribution in [1.82, 2.24) is 10.3 Å². The van der Waals surface area contributed by atoms with E-state index >= 15 is 0 Å². The smallest absolute Gasteiger partial charge is 0.0825 e. The van der Waals surface area contributed by atoms with Crippen LogP contribution >= 0.6 is 11.3 Å². The van der Waals surface area contributed by atoms with Crippen LogP contribution in [0.4, 0.5) is 0 Å². The van der Waals surface area contributed by atoms with E-state index in [4.69, 9.17) is 4.74 Å². The molecule has 1 aromatic rings. The summed E-state index contributed by atoms with van der Waals surface area (Å²) in [5, 5.41) is 3.39. The molecule has 1 aliphatic heterocycles. The van der Waals surface area contributed by atoms with Crippen molar-refractivity contribution in [3.63, 3.8) is 0 Å². The molecule has 1 N–H and O–H groups in total. The van der Waals surface area contributed by atoms with Crippen LogP contribution in [0, 0.1) is 5.92 Å². The van der Waals surface area contributed by atoms with Gasteiger partial charge in [0, 0.05) is 12.7 Å². The highest BCUT2D eigenvalue weighted by Crippen LogP contribution is 2.12. The monoisotopic (exact) mass is 212 g/mol. The summed E-state index contributed by atoms with van der Waals surface area (Å²) in [7, 11) is 0. The maximum absolute atomic E-state index is 5.65. The minimum Gasteiger partial charge on any atom is -0.376 e. The van der Waals surface area contributed by atoms with E-state index in [1.807, 2.05) is 11.7 Å². The van der Waals surface area contributed by atoms with E-state index in [1.165, 1.54) is 24.3 Å². The Hall–Kier alpha value is -0.450. The highest BCUT2D eigenvalue weighted by molar-refractivity contribution is 7.09. The Labute approximate surface area is 88.5 Å². The summed E-state index contributed by atoms with van der Waals surface area (Å²) in [4.78, 5) is 5.23. The Kier molecular flexibility index (Phi) is 3.91. The normalized spacial score (nSPS) is 22.4. The van der Waals surface area contributed by atoms with Crippen molar-refractivity contribution in [3.05, 3.63) is 16.6 Å². The van der Waals surface area contributed by atoms with Crippen molar-refractivity contribution in [2.75, 3.05) is 19.7 Å². The van der Waals surface area contributed by atoms with Crippen LogP contribution in [-0.2, 0) is 11.3 Å². The van der Waals surface area contributed by atoms with Gasteiger partial charge in [-0.3, -0.25) is 4.98 Å². The van der Waals surface area contributed by atoms with Crippen LogP contribution in [-0.4, -0.2) is 24.7 Å². The second kappa shape index (κ2) is 5.44. The van der Waals surface area contributed by atoms with Crippen LogP contribution in [0.1, 0.15) is 17.7 Å². The Balaban J connectivity index is 1.62. The Bertz CT molecular complexity index is 245. The van der Waals surface area contributed by atoms with Gasteiger partial charge in [-0.15, -0.1) is 11.3 Å². The molecule has 0 bridgehead atoms. The van der Waals surface area contributed by atoms with Gasteiger partial charge in [0.1, 0.15) is 0 Å². The largest absolute Gasteiger partial charge is 0.376 e. The molecule has 0 amide bonds. The summed E-state index contributed by atoms with van der Waals surface area (Å²) in [5.41, 5.74) is 1.85. The number of nitrogens with one attached hydrogen (secondary N) is 1. The molecule has 78 valence electrons. The van der Waals surface area contributed by atoms with Crippen molar-refractivity contribution in [3.8, 4) is 0 Å². The molecular formula is C10H16N2OS. The number of rotatable bonds is 4. The topological polar surface area (TPSA) is 34.1 Å². The van der Waals surface area contributed by atoms with Crippen LogP contribution < -0.4 is 5.32 Å². The summed E-state index contributed by atoms with van der Waals surface area (Å²) in [6.45, 7) is 3.89. The minimum atomic E-state index is 0.705. The lowest BCUT2D eigenvalue weighted by atomic mass is 10.0. The lowest BCUT2D eigenvalue weighted by Crippen LogP contribution is -2.32.